The monoisotopic (exact) mass is 250 g/mol. The third-order valence-electron chi connectivity index (χ3n) is 2.17. The number of carboxylic acid groups (broad SMARTS) is 1. The van der Waals surface area contributed by atoms with Crippen LogP contribution in [0.1, 0.15) is 10.4 Å². The molecule has 0 saturated heterocycles. The second kappa shape index (κ2) is 5.17. The summed E-state index contributed by atoms with van der Waals surface area (Å²) in [5.74, 6) is -1.73. The fraction of sp³-hybridized carbons (Fsp3) is 0.182. The Hall–Kier alpha value is -2.57. The van der Waals surface area contributed by atoms with Gasteiger partial charge in [0.15, 0.2) is 0 Å². The van der Waals surface area contributed by atoms with E-state index in [9.17, 15) is 9.59 Å². The van der Waals surface area contributed by atoms with Gasteiger partial charge in [-0.05, 0) is 6.07 Å². The minimum Gasteiger partial charge on any atom is -0.494 e. The molecule has 0 bridgehead atoms. The Morgan fingerprint density at radius 1 is 1.39 bits per heavy atom. The molecule has 2 heterocycles. The van der Waals surface area contributed by atoms with E-state index in [1.165, 1.54) is 24.7 Å². The zero-order valence-corrected chi connectivity index (χ0v) is 9.25. The second-order valence-corrected chi connectivity index (χ2v) is 3.38. The molecule has 0 atom stereocenters. The summed E-state index contributed by atoms with van der Waals surface area (Å²) in [5.41, 5.74) is 0.0563. The molecule has 0 saturated carbocycles. The number of aromatic nitrogens is 1. The molecule has 18 heavy (non-hydrogen) atoms. The van der Waals surface area contributed by atoms with Crippen LogP contribution in [0.4, 0.5) is 5.69 Å². The van der Waals surface area contributed by atoms with E-state index < -0.39 is 11.9 Å². The number of amides is 1. The highest BCUT2D eigenvalue weighted by molar-refractivity contribution is 6.06. The SMILES string of the molecule is O=C(Nc1cnccc1C(=O)O)C1=COCCO1. The van der Waals surface area contributed by atoms with Crippen LogP contribution in [-0.2, 0) is 14.3 Å². The molecule has 0 spiro atoms. The molecule has 1 aliphatic rings. The quantitative estimate of drug-likeness (QED) is 0.815. The topological polar surface area (TPSA) is 97.8 Å². The number of nitrogens with zero attached hydrogens (tertiary/aromatic N) is 1. The Kier molecular flexibility index (Phi) is 3.42. The zero-order valence-electron chi connectivity index (χ0n) is 9.25. The molecule has 2 N–H and O–H groups in total. The Bertz CT molecular complexity index is 512. The number of anilines is 1. The summed E-state index contributed by atoms with van der Waals surface area (Å²) in [4.78, 5) is 26.4. The third kappa shape index (κ3) is 2.57. The van der Waals surface area contributed by atoms with Gasteiger partial charge in [0, 0.05) is 6.20 Å². The molecule has 1 aromatic rings. The molecule has 0 aliphatic carbocycles. The first-order valence-electron chi connectivity index (χ1n) is 5.11. The summed E-state index contributed by atoms with van der Waals surface area (Å²) in [6.07, 6.45) is 3.78. The average Bonchev–Trinajstić information content (AvgIpc) is 2.40. The van der Waals surface area contributed by atoms with Crippen LogP contribution < -0.4 is 5.32 Å². The van der Waals surface area contributed by atoms with E-state index in [2.05, 4.69) is 10.3 Å². The van der Waals surface area contributed by atoms with E-state index in [0.717, 1.165) is 0 Å². The smallest absolute Gasteiger partial charge is 0.337 e. The predicted octanol–water partition coefficient (Wildman–Crippen LogP) is 0.607. The van der Waals surface area contributed by atoms with E-state index >= 15 is 0 Å². The highest BCUT2D eigenvalue weighted by atomic mass is 16.6. The molecule has 1 amide bonds. The molecule has 1 aromatic heterocycles. The number of hydrogen-bond acceptors (Lipinski definition) is 5. The minimum atomic E-state index is -1.15. The molecule has 7 nitrogen and oxygen atoms in total. The number of carbonyl (C=O) groups is 2. The van der Waals surface area contributed by atoms with Crippen molar-refractivity contribution < 1.29 is 24.2 Å². The normalized spacial score (nSPS) is 13.9. The lowest BCUT2D eigenvalue weighted by Crippen LogP contribution is -2.22. The average molecular weight is 250 g/mol. The fourth-order valence-electron chi connectivity index (χ4n) is 1.35. The minimum absolute atomic E-state index is 0.00134. The zero-order chi connectivity index (χ0) is 13.0. The summed E-state index contributed by atoms with van der Waals surface area (Å²) in [6.45, 7) is 0.655. The van der Waals surface area contributed by atoms with Gasteiger partial charge in [0.25, 0.3) is 5.91 Å². The Labute approximate surface area is 102 Å². The maximum Gasteiger partial charge on any atom is 0.337 e. The van der Waals surface area contributed by atoms with Gasteiger partial charge in [-0.1, -0.05) is 0 Å². The first-order valence-corrected chi connectivity index (χ1v) is 5.11. The number of carboxylic acids is 1. The number of carbonyl (C=O) groups excluding carboxylic acids is 1. The van der Waals surface area contributed by atoms with Crippen LogP contribution in [-0.4, -0.2) is 35.2 Å². The van der Waals surface area contributed by atoms with Crippen LogP contribution >= 0.6 is 0 Å². The van der Waals surface area contributed by atoms with Crippen LogP contribution in [0.15, 0.2) is 30.5 Å². The summed E-state index contributed by atoms with van der Waals surface area (Å²) in [5, 5.41) is 11.3. The second-order valence-electron chi connectivity index (χ2n) is 3.38. The van der Waals surface area contributed by atoms with Crippen LogP contribution in [0.3, 0.4) is 0 Å². The van der Waals surface area contributed by atoms with Crippen LogP contribution in [0.2, 0.25) is 0 Å². The lowest BCUT2D eigenvalue weighted by Gasteiger charge is -2.15. The van der Waals surface area contributed by atoms with Crippen molar-refractivity contribution in [2.75, 3.05) is 18.5 Å². The molecule has 94 valence electrons. The lowest BCUT2D eigenvalue weighted by atomic mass is 10.2. The van der Waals surface area contributed by atoms with Gasteiger partial charge in [0.2, 0.25) is 5.76 Å². The Morgan fingerprint density at radius 3 is 2.89 bits per heavy atom. The van der Waals surface area contributed by atoms with Gasteiger partial charge in [-0.2, -0.15) is 0 Å². The van der Waals surface area contributed by atoms with E-state index in [4.69, 9.17) is 14.6 Å². The van der Waals surface area contributed by atoms with Crippen molar-refractivity contribution in [3.8, 4) is 0 Å². The van der Waals surface area contributed by atoms with Crippen molar-refractivity contribution in [2.24, 2.45) is 0 Å². The van der Waals surface area contributed by atoms with Gasteiger partial charge in [-0.15, -0.1) is 0 Å². The number of nitrogens with one attached hydrogen (secondary N) is 1. The lowest BCUT2D eigenvalue weighted by molar-refractivity contribution is -0.117. The molecule has 0 fully saturated rings. The van der Waals surface area contributed by atoms with Crippen LogP contribution in [0.25, 0.3) is 0 Å². The number of rotatable bonds is 3. The molecule has 1 aliphatic heterocycles. The van der Waals surface area contributed by atoms with Crippen LogP contribution in [0.5, 0.6) is 0 Å². The predicted molar refractivity (Wildman–Crippen MR) is 59.8 cm³/mol. The molecule has 2 rings (SSSR count). The van der Waals surface area contributed by atoms with E-state index in [1.54, 1.807) is 0 Å². The number of pyridine rings is 1. The summed E-state index contributed by atoms with van der Waals surface area (Å²) in [7, 11) is 0. The fourth-order valence-corrected chi connectivity index (χ4v) is 1.35. The van der Waals surface area contributed by atoms with Crippen molar-refractivity contribution in [3.05, 3.63) is 36.0 Å². The van der Waals surface area contributed by atoms with Crippen molar-refractivity contribution in [1.29, 1.82) is 0 Å². The van der Waals surface area contributed by atoms with Crippen molar-refractivity contribution in [3.63, 3.8) is 0 Å². The van der Waals surface area contributed by atoms with Crippen LogP contribution in [0, 0.1) is 0 Å². The molecule has 7 heteroatoms. The maximum atomic E-state index is 11.7. The molecular weight excluding hydrogens is 240 g/mol. The van der Waals surface area contributed by atoms with Gasteiger partial charge in [0.1, 0.15) is 19.5 Å². The first-order chi connectivity index (χ1) is 8.68. The third-order valence-corrected chi connectivity index (χ3v) is 2.17. The van der Waals surface area contributed by atoms with Gasteiger partial charge >= 0.3 is 5.97 Å². The number of aromatic carboxylic acids is 1. The molecule has 0 aromatic carbocycles. The largest absolute Gasteiger partial charge is 0.494 e. The maximum absolute atomic E-state index is 11.7. The highest BCUT2D eigenvalue weighted by Gasteiger charge is 2.18. The number of hydrogen-bond donors (Lipinski definition) is 2. The Balaban J connectivity index is 2.16. The molecule has 0 unspecified atom stereocenters. The summed E-state index contributed by atoms with van der Waals surface area (Å²) >= 11 is 0. The van der Waals surface area contributed by atoms with Gasteiger partial charge in [-0.3, -0.25) is 9.78 Å². The van der Waals surface area contributed by atoms with Gasteiger partial charge in [-0.25, -0.2) is 4.79 Å². The van der Waals surface area contributed by atoms with Crippen molar-refractivity contribution >= 4 is 17.6 Å². The first kappa shape index (κ1) is 11.9. The Morgan fingerprint density at radius 2 is 2.22 bits per heavy atom. The molecule has 0 radical (unpaired) electrons. The standard InChI is InChI=1S/C11H10N2O5/c14-10(9-6-17-3-4-18-9)13-8-5-12-2-1-7(8)11(15)16/h1-2,5-6H,3-4H2,(H,13,14)(H,15,16). The summed E-state index contributed by atoms with van der Waals surface area (Å²) in [6, 6.07) is 1.30. The summed E-state index contributed by atoms with van der Waals surface area (Å²) < 4.78 is 10.0. The molecular formula is C11H10N2O5. The number of ether oxygens (including phenoxy) is 2. The van der Waals surface area contributed by atoms with E-state index in [0.29, 0.717) is 6.61 Å². The highest BCUT2D eigenvalue weighted by Crippen LogP contribution is 2.15. The van der Waals surface area contributed by atoms with Crippen molar-refractivity contribution in [2.45, 2.75) is 0 Å². The van der Waals surface area contributed by atoms with E-state index in [1.807, 2.05) is 0 Å². The van der Waals surface area contributed by atoms with Gasteiger partial charge in [0.05, 0.1) is 17.4 Å². The van der Waals surface area contributed by atoms with E-state index in [-0.39, 0.29) is 23.6 Å². The van der Waals surface area contributed by atoms with Crippen molar-refractivity contribution in [1.82, 2.24) is 4.98 Å². The van der Waals surface area contributed by atoms with Gasteiger partial charge < -0.3 is 19.9 Å².